The molecule has 2 aromatic carbocycles. The van der Waals surface area contributed by atoms with Crippen LogP contribution in [-0.4, -0.2) is 27.5 Å². The Hall–Kier alpha value is -2.61. The van der Waals surface area contributed by atoms with Crippen molar-refractivity contribution in [2.75, 3.05) is 22.7 Å². The first kappa shape index (κ1) is 18.2. The molecule has 1 aliphatic heterocycles. The van der Waals surface area contributed by atoms with E-state index in [1.807, 2.05) is 6.92 Å². The highest BCUT2D eigenvalue weighted by Gasteiger charge is 2.26. The number of sulfonamides is 1. The standard InChI is InChI=1S/C18H20FN3O3S/c1-2-10-20-18(23)22-11-9-13-12-14(7-8-17(13)22)26(24,25)21-16-6-4-3-5-15(16)19/h3-8,12,21H,2,9-11H2,1H3,(H,20,23). The SMILES string of the molecule is CCCNC(=O)N1CCc2cc(S(=O)(=O)Nc3ccccc3F)ccc21. The third-order valence-electron chi connectivity index (χ3n) is 4.15. The maximum Gasteiger partial charge on any atom is 0.321 e. The van der Waals surface area contributed by atoms with E-state index in [0.29, 0.717) is 25.2 Å². The molecule has 0 bridgehead atoms. The third-order valence-corrected chi connectivity index (χ3v) is 5.51. The summed E-state index contributed by atoms with van der Waals surface area (Å²) in [7, 11) is -3.92. The topological polar surface area (TPSA) is 78.5 Å². The number of hydrogen-bond acceptors (Lipinski definition) is 3. The van der Waals surface area contributed by atoms with E-state index in [0.717, 1.165) is 12.0 Å². The van der Waals surface area contributed by atoms with Gasteiger partial charge in [-0.2, -0.15) is 0 Å². The minimum Gasteiger partial charge on any atom is -0.338 e. The molecule has 6 nitrogen and oxygen atoms in total. The maximum absolute atomic E-state index is 13.7. The van der Waals surface area contributed by atoms with Crippen molar-refractivity contribution >= 4 is 27.4 Å². The van der Waals surface area contributed by atoms with Crippen LogP contribution in [0.3, 0.4) is 0 Å². The van der Waals surface area contributed by atoms with Crippen LogP contribution in [0.5, 0.6) is 0 Å². The first-order valence-electron chi connectivity index (χ1n) is 8.38. The number of carbonyl (C=O) groups excluding carboxylic acids is 1. The normalized spacial score (nSPS) is 13.4. The summed E-state index contributed by atoms with van der Waals surface area (Å²) in [5.74, 6) is -0.643. The van der Waals surface area contributed by atoms with Crippen LogP contribution in [0.2, 0.25) is 0 Å². The highest BCUT2D eigenvalue weighted by molar-refractivity contribution is 7.92. The average Bonchev–Trinajstić information content (AvgIpc) is 3.05. The van der Waals surface area contributed by atoms with E-state index in [9.17, 15) is 17.6 Å². The van der Waals surface area contributed by atoms with Crippen molar-refractivity contribution < 1.29 is 17.6 Å². The van der Waals surface area contributed by atoms with E-state index in [4.69, 9.17) is 0 Å². The van der Waals surface area contributed by atoms with Gasteiger partial charge in [0.15, 0.2) is 0 Å². The molecule has 0 fully saturated rings. The van der Waals surface area contributed by atoms with Crippen molar-refractivity contribution in [3.8, 4) is 0 Å². The number of nitrogens with zero attached hydrogens (tertiary/aromatic N) is 1. The number of anilines is 2. The molecule has 2 N–H and O–H groups in total. The van der Waals surface area contributed by atoms with Crippen LogP contribution in [0.25, 0.3) is 0 Å². The van der Waals surface area contributed by atoms with E-state index in [1.54, 1.807) is 17.0 Å². The summed E-state index contributed by atoms with van der Waals surface area (Å²) >= 11 is 0. The summed E-state index contributed by atoms with van der Waals surface area (Å²) in [6, 6.07) is 9.97. The van der Waals surface area contributed by atoms with Crippen molar-refractivity contribution in [1.82, 2.24) is 5.32 Å². The van der Waals surface area contributed by atoms with Crippen LogP contribution in [0, 0.1) is 5.82 Å². The van der Waals surface area contributed by atoms with Crippen molar-refractivity contribution in [3.05, 3.63) is 53.8 Å². The van der Waals surface area contributed by atoms with Crippen LogP contribution < -0.4 is 14.9 Å². The number of benzene rings is 2. The smallest absolute Gasteiger partial charge is 0.321 e. The second kappa shape index (κ2) is 7.33. The van der Waals surface area contributed by atoms with Gasteiger partial charge >= 0.3 is 6.03 Å². The lowest BCUT2D eigenvalue weighted by atomic mass is 10.2. The Morgan fingerprint density at radius 3 is 2.73 bits per heavy atom. The van der Waals surface area contributed by atoms with E-state index in [1.165, 1.54) is 30.3 Å². The predicted molar refractivity (Wildman–Crippen MR) is 98.4 cm³/mol. The fraction of sp³-hybridized carbons (Fsp3) is 0.278. The van der Waals surface area contributed by atoms with E-state index < -0.39 is 15.8 Å². The highest BCUT2D eigenvalue weighted by atomic mass is 32.2. The molecule has 0 aliphatic carbocycles. The number of carbonyl (C=O) groups is 1. The van der Waals surface area contributed by atoms with Gasteiger partial charge in [-0.1, -0.05) is 19.1 Å². The summed E-state index contributed by atoms with van der Waals surface area (Å²) in [6.07, 6.45) is 1.41. The number of fused-ring (bicyclic) bond motifs is 1. The molecule has 2 aromatic rings. The molecule has 3 rings (SSSR count). The number of rotatable bonds is 5. The summed E-state index contributed by atoms with van der Waals surface area (Å²) < 4.78 is 41.1. The Balaban J connectivity index is 1.83. The molecular formula is C18H20FN3O3S. The number of hydrogen-bond donors (Lipinski definition) is 2. The van der Waals surface area contributed by atoms with E-state index >= 15 is 0 Å². The number of urea groups is 1. The van der Waals surface area contributed by atoms with Crippen molar-refractivity contribution in [2.45, 2.75) is 24.7 Å². The van der Waals surface area contributed by atoms with Gasteiger partial charge in [0, 0.05) is 18.8 Å². The summed E-state index contributed by atoms with van der Waals surface area (Å²) in [6.45, 7) is 3.05. The zero-order chi connectivity index (χ0) is 18.7. The lowest BCUT2D eigenvalue weighted by molar-refractivity contribution is 0.247. The molecule has 2 amide bonds. The lowest BCUT2D eigenvalue weighted by Gasteiger charge is -2.18. The Morgan fingerprint density at radius 1 is 1.23 bits per heavy atom. The van der Waals surface area contributed by atoms with Gasteiger partial charge in [0.05, 0.1) is 10.6 Å². The number of nitrogens with one attached hydrogen (secondary N) is 2. The zero-order valence-corrected chi connectivity index (χ0v) is 15.1. The highest BCUT2D eigenvalue weighted by Crippen LogP contribution is 2.31. The zero-order valence-electron chi connectivity index (χ0n) is 14.3. The minimum atomic E-state index is -3.92. The maximum atomic E-state index is 13.7. The van der Waals surface area contributed by atoms with Crippen molar-refractivity contribution in [3.63, 3.8) is 0 Å². The molecular weight excluding hydrogens is 357 g/mol. The lowest BCUT2D eigenvalue weighted by Crippen LogP contribution is -2.39. The molecule has 0 saturated heterocycles. The number of halogens is 1. The quantitative estimate of drug-likeness (QED) is 0.840. The van der Waals surface area contributed by atoms with Gasteiger partial charge in [-0.05, 0) is 48.7 Å². The fourth-order valence-corrected chi connectivity index (χ4v) is 3.95. The second-order valence-corrected chi connectivity index (χ2v) is 7.69. The fourth-order valence-electron chi connectivity index (χ4n) is 2.83. The Kier molecular flexibility index (Phi) is 5.13. The first-order chi connectivity index (χ1) is 12.4. The van der Waals surface area contributed by atoms with Gasteiger partial charge in [0.1, 0.15) is 5.82 Å². The average molecular weight is 377 g/mol. The summed E-state index contributed by atoms with van der Waals surface area (Å²) in [5, 5.41) is 2.81. The van der Waals surface area contributed by atoms with Gasteiger partial charge in [-0.3, -0.25) is 9.62 Å². The predicted octanol–water partition coefficient (Wildman–Crippen LogP) is 3.11. The van der Waals surface area contributed by atoms with Crippen molar-refractivity contribution in [1.29, 1.82) is 0 Å². The molecule has 138 valence electrons. The summed E-state index contributed by atoms with van der Waals surface area (Å²) in [4.78, 5) is 13.8. The van der Waals surface area contributed by atoms with E-state index in [-0.39, 0.29) is 16.6 Å². The molecule has 8 heteroatoms. The number of para-hydroxylation sites is 1. The van der Waals surface area contributed by atoms with Gasteiger partial charge < -0.3 is 5.32 Å². The van der Waals surface area contributed by atoms with Crippen LogP contribution >= 0.6 is 0 Å². The van der Waals surface area contributed by atoms with Gasteiger partial charge in [0.25, 0.3) is 10.0 Å². The van der Waals surface area contributed by atoms with Gasteiger partial charge in [0.2, 0.25) is 0 Å². The van der Waals surface area contributed by atoms with Gasteiger partial charge in [-0.15, -0.1) is 0 Å². The minimum absolute atomic E-state index is 0.0373. The second-order valence-electron chi connectivity index (χ2n) is 6.01. The monoisotopic (exact) mass is 377 g/mol. The summed E-state index contributed by atoms with van der Waals surface area (Å²) in [5.41, 5.74) is 1.37. The van der Waals surface area contributed by atoms with Crippen LogP contribution in [-0.2, 0) is 16.4 Å². The third kappa shape index (κ3) is 3.65. The van der Waals surface area contributed by atoms with Crippen LogP contribution in [0.1, 0.15) is 18.9 Å². The number of amides is 2. The first-order valence-corrected chi connectivity index (χ1v) is 9.86. The Morgan fingerprint density at radius 2 is 2.00 bits per heavy atom. The Labute approximate surface area is 152 Å². The van der Waals surface area contributed by atoms with Crippen LogP contribution in [0.15, 0.2) is 47.4 Å². The molecule has 1 aliphatic rings. The molecule has 0 radical (unpaired) electrons. The molecule has 0 spiro atoms. The molecule has 0 saturated carbocycles. The molecule has 0 aromatic heterocycles. The largest absolute Gasteiger partial charge is 0.338 e. The molecule has 0 atom stereocenters. The molecule has 26 heavy (non-hydrogen) atoms. The molecule has 0 unspecified atom stereocenters. The van der Waals surface area contributed by atoms with E-state index in [2.05, 4.69) is 10.0 Å². The van der Waals surface area contributed by atoms with Crippen LogP contribution in [0.4, 0.5) is 20.6 Å². The van der Waals surface area contributed by atoms with Crippen molar-refractivity contribution in [2.24, 2.45) is 0 Å². The Bertz CT molecular complexity index is 931. The van der Waals surface area contributed by atoms with Gasteiger partial charge in [-0.25, -0.2) is 17.6 Å². The molecule has 1 heterocycles.